The monoisotopic (exact) mass is 266 g/mol. The molecule has 1 aliphatic rings. The standard InChI is InChI=1S/C9H18N2O3S2/c1-3-16(13,14)5-7(2)11-9(12)8-4-15-6-10-8/h7-8,10H,3-6H2,1-2H3,(H,11,12). The van der Waals surface area contributed by atoms with Gasteiger partial charge >= 0.3 is 0 Å². The molecule has 7 heteroatoms. The van der Waals surface area contributed by atoms with Gasteiger partial charge in [0.2, 0.25) is 5.91 Å². The molecule has 0 aromatic rings. The first-order valence-corrected chi connectivity index (χ1v) is 8.24. The molecule has 2 atom stereocenters. The zero-order valence-corrected chi connectivity index (χ0v) is 11.2. The predicted octanol–water partition coefficient (Wildman–Crippen LogP) is -0.412. The molecule has 1 heterocycles. The third kappa shape index (κ3) is 4.31. The van der Waals surface area contributed by atoms with Gasteiger partial charge in [-0.25, -0.2) is 8.42 Å². The van der Waals surface area contributed by atoms with Crippen LogP contribution in [0.1, 0.15) is 13.8 Å². The fraction of sp³-hybridized carbons (Fsp3) is 0.889. The second-order valence-corrected chi connectivity index (χ2v) is 7.31. The normalized spacial score (nSPS) is 23.0. The second-order valence-electron chi connectivity index (χ2n) is 3.88. The van der Waals surface area contributed by atoms with Gasteiger partial charge in [0, 0.05) is 23.4 Å². The summed E-state index contributed by atoms with van der Waals surface area (Å²) in [5.74, 6) is 1.54. The van der Waals surface area contributed by atoms with Crippen molar-refractivity contribution in [3.63, 3.8) is 0 Å². The summed E-state index contributed by atoms with van der Waals surface area (Å²) in [6, 6.07) is -0.512. The lowest BCUT2D eigenvalue weighted by Crippen LogP contribution is -2.47. The maximum Gasteiger partial charge on any atom is 0.238 e. The van der Waals surface area contributed by atoms with E-state index in [1.54, 1.807) is 25.6 Å². The number of hydrogen-bond donors (Lipinski definition) is 2. The molecule has 1 aliphatic heterocycles. The van der Waals surface area contributed by atoms with Gasteiger partial charge in [-0.2, -0.15) is 0 Å². The van der Waals surface area contributed by atoms with Crippen LogP contribution in [0.4, 0.5) is 0 Å². The molecule has 16 heavy (non-hydrogen) atoms. The van der Waals surface area contributed by atoms with Crippen molar-refractivity contribution in [1.82, 2.24) is 10.6 Å². The fourth-order valence-electron chi connectivity index (χ4n) is 1.45. The maximum absolute atomic E-state index is 11.6. The highest BCUT2D eigenvalue weighted by Gasteiger charge is 2.24. The van der Waals surface area contributed by atoms with Gasteiger partial charge < -0.3 is 5.32 Å². The number of carbonyl (C=O) groups is 1. The van der Waals surface area contributed by atoms with E-state index in [2.05, 4.69) is 10.6 Å². The van der Waals surface area contributed by atoms with Crippen molar-refractivity contribution < 1.29 is 13.2 Å². The van der Waals surface area contributed by atoms with Crippen LogP contribution in [0.2, 0.25) is 0 Å². The van der Waals surface area contributed by atoms with E-state index in [-0.39, 0.29) is 29.5 Å². The van der Waals surface area contributed by atoms with Gasteiger partial charge in [-0.3, -0.25) is 10.1 Å². The van der Waals surface area contributed by atoms with Crippen molar-refractivity contribution >= 4 is 27.5 Å². The van der Waals surface area contributed by atoms with Gasteiger partial charge in [0.05, 0.1) is 11.8 Å². The first-order chi connectivity index (χ1) is 7.44. The average molecular weight is 266 g/mol. The Morgan fingerprint density at radius 2 is 2.31 bits per heavy atom. The number of amides is 1. The van der Waals surface area contributed by atoms with E-state index < -0.39 is 9.84 Å². The summed E-state index contributed by atoms with van der Waals surface area (Å²) < 4.78 is 22.7. The number of hydrogen-bond acceptors (Lipinski definition) is 5. The van der Waals surface area contributed by atoms with Crippen molar-refractivity contribution in [2.45, 2.75) is 25.9 Å². The molecule has 5 nitrogen and oxygen atoms in total. The Morgan fingerprint density at radius 3 is 2.81 bits per heavy atom. The first-order valence-electron chi connectivity index (χ1n) is 5.26. The van der Waals surface area contributed by atoms with Gasteiger partial charge in [-0.15, -0.1) is 11.8 Å². The highest BCUT2D eigenvalue weighted by atomic mass is 32.2. The third-order valence-corrected chi connectivity index (χ3v) is 5.19. The molecular weight excluding hydrogens is 248 g/mol. The molecule has 0 aromatic heterocycles. The molecule has 94 valence electrons. The molecule has 1 amide bonds. The Balaban J connectivity index is 2.39. The lowest BCUT2D eigenvalue weighted by Gasteiger charge is -2.16. The Kier molecular flexibility index (Phi) is 5.07. The van der Waals surface area contributed by atoms with Crippen LogP contribution in [0.3, 0.4) is 0 Å². The molecule has 0 aromatic carbocycles. The van der Waals surface area contributed by atoms with Crippen molar-refractivity contribution in [3.05, 3.63) is 0 Å². The van der Waals surface area contributed by atoms with Crippen LogP contribution >= 0.6 is 11.8 Å². The fourth-order valence-corrected chi connectivity index (χ4v) is 3.47. The Hall–Kier alpha value is -0.270. The molecule has 0 radical (unpaired) electrons. The number of carbonyl (C=O) groups excluding carboxylic acids is 1. The summed E-state index contributed by atoms with van der Waals surface area (Å²) >= 11 is 1.67. The average Bonchev–Trinajstić information content (AvgIpc) is 2.69. The highest BCUT2D eigenvalue weighted by Crippen LogP contribution is 2.09. The predicted molar refractivity (Wildman–Crippen MR) is 66.2 cm³/mol. The van der Waals surface area contributed by atoms with Crippen molar-refractivity contribution in [2.24, 2.45) is 0 Å². The van der Waals surface area contributed by atoms with Crippen LogP contribution < -0.4 is 10.6 Å². The summed E-state index contributed by atoms with van der Waals surface area (Å²) in [6.07, 6.45) is 0. The van der Waals surface area contributed by atoms with Gasteiger partial charge in [0.1, 0.15) is 0 Å². The Morgan fingerprint density at radius 1 is 1.62 bits per heavy atom. The molecule has 2 N–H and O–H groups in total. The number of thioether (sulfide) groups is 1. The molecule has 2 unspecified atom stereocenters. The third-order valence-electron chi connectivity index (χ3n) is 2.37. The van der Waals surface area contributed by atoms with Gasteiger partial charge in [0.25, 0.3) is 0 Å². The van der Waals surface area contributed by atoms with E-state index in [0.717, 1.165) is 11.6 Å². The summed E-state index contributed by atoms with van der Waals surface area (Å²) in [6.45, 7) is 3.33. The van der Waals surface area contributed by atoms with Crippen LogP contribution in [0.15, 0.2) is 0 Å². The van der Waals surface area contributed by atoms with Crippen LogP contribution in [0.5, 0.6) is 0 Å². The minimum atomic E-state index is -3.03. The van der Waals surface area contributed by atoms with Crippen molar-refractivity contribution in [2.75, 3.05) is 23.1 Å². The molecule has 0 spiro atoms. The van der Waals surface area contributed by atoms with E-state index in [0.29, 0.717) is 0 Å². The van der Waals surface area contributed by atoms with E-state index >= 15 is 0 Å². The van der Waals surface area contributed by atoms with E-state index in [1.165, 1.54) is 0 Å². The largest absolute Gasteiger partial charge is 0.351 e. The summed E-state index contributed by atoms with van der Waals surface area (Å²) in [5, 5.41) is 5.76. The van der Waals surface area contributed by atoms with Crippen LogP contribution in [0.25, 0.3) is 0 Å². The van der Waals surface area contributed by atoms with Gasteiger partial charge in [-0.05, 0) is 6.92 Å². The molecule has 1 fully saturated rings. The van der Waals surface area contributed by atoms with Gasteiger partial charge in [-0.1, -0.05) is 6.92 Å². The molecule has 0 saturated carbocycles. The summed E-state index contributed by atoms with van der Waals surface area (Å²) in [4.78, 5) is 11.6. The maximum atomic E-state index is 11.6. The second kappa shape index (κ2) is 5.88. The van der Waals surface area contributed by atoms with Gasteiger partial charge in [0.15, 0.2) is 9.84 Å². The summed E-state index contributed by atoms with van der Waals surface area (Å²) in [7, 11) is -3.03. The minimum Gasteiger partial charge on any atom is -0.351 e. The minimum absolute atomic E-state index is 0.00903. The van der Waals surface area contributed by atoms with Crippen LogP contribution in [-0.2, 0) is 14.6 Å². The highest BCUT2D eigenvalue weighted by molar-refractivity contribution is 7.99. The molecular formula is C9H18N2O3S2. The smallest absolute Gasteiger partial charge is 0.238 e. The Labute approximate surface area is 101 Å². The van der Waals surface area contributed by atoms with Crippen molar-refractivity contribution in [3.8, 4) is 0 Å². The Bertz CT molecular complexity index is 337. The zero-order valence-electron chi connectivity index (χ0n) is 9.52. The SMILES string of the molecule is CCS(=O)(=O)CC(C)NC(=O)C1CSCN1. The van der Waals surface area contributed by atoms with Crippen LogP contribution in [-0.4, -0.2) is 49.5 Å². The lowest BCUT2D eigenvalue weighted by molar-refractivity contribution is -0.122. The molecule has 1 saturated heterocycles. The summed E-state index contributed by atoms with van der Waals surface area (Å²) in [5.41, 5.74) is 0. The first kappa shape index (κ1) is 13.8. The topological polar surface area (TPSA) is 75.3 Å². The number of nitrogens with one attached hydrogen (secondary N) is 2. The zero-order chi connectivity index (χ0) is 12.2. The molecule has 0 bridgehead atoms. The van der Waals surface area contributed by atoms with Crippen molar-refractivity contribution in [1.29, 1.82) is 0 Å². The lowest BCUT2D eigenvalue weighted by atomic mass is 10.3. The van der Waals surface area contributed by atoms with Crippen LogP contribution in [0, 0.1) is 0 Å². The molecule has 1 rings (SSSR count). The van der Waals surface area contributed by atoms with E-state index in [9.17, 15) is 13.2 Å². The molecule has 0 aliphatic carbocycles. The quantitative estimate of drug-likeness (QED) is 0.707. The number of rotatable bonds is 5. The van der Waals surface area contributed by atoms with E-state index in [1.807, 2.05) is 0 Å². The number of sulfone groups is 1. The van der Waals surface area contributed by atoms with E-state index in [4.69, 9.17) is 0 Å².